The maximum atomic E-state index is 5.24. The molecule has 1 rings (SSSR count). The molecule has 70 valence electrons. The molecule has 0 atom stereocenters. The summed E-state index contributed by atoms with van der Waals surface area (Å²) in [6.45, 7) is 7.39. The van der Waals surface area contributed by atoms with Crippen LogP contribution in [-0.4, -0.2) is 54.7 Å². The van der Waals surface area contributed by atoms with Crippen molar-refractivity contribution in [3.63, 3.8) is 0 Å². The molecule has 0 aromatic heterocycles. The average Bonchev–Trinajstić information content (AvgIpc) is 2.36. The molecule has 1 fully saturated rings. The lowest BCUT2D eigenvalue weighted by atomic mass is 10.5. The number of rotatable bonds is 4. The average molecular weight is 187 g/mol. The third-order valence-electron chi connectivity index (χ3n) is 2.11. The summed E-state index contributed by atoms with van der Waals surface area (Å²) < 4.78 is 0. The summed E-state index contributed by atoms with van der Waals surface area (Å²) in [6.07, 6.45) is 0. The molecule has 0 amide bonds. The molecule has 12 heavy (non-hydrogen) atoms. The second-order valence-electron chi connectivity index (χ2n) is 3.04. The van der Waals surface area contributed by atoms with Crippen LogP contribution >= 0.6 is 12.2 Å². The second-order valence-corrected chi connectivity index (χ2v) is 3.41. The maximum absolute atomic E-state index is 5.24. The van der Waals surface area contributed by atoms with E-state index in [0.29, 0.717) is 0 Å². The first-order chi connectivity index (χ1) is 5.75. The highest BCUT2D eigenvalue weighted by Crippen LogP contribution is 2.04. The van der Waals surface area contributed by atoms with Crippen LogP contribution in [0.15, 0.2) is 0 Å². The van der Waals surface area contributed by atoms with Crippen LogP contribution in [-0.2, 0) is 0 Å². The number of likely N-dealkylation sites (N-methyl/N-ethyl adjacent to an activating group) is 2. The van der Waals surface area contributed by atoms with Gasteiger partial charge in [-0.05, 0) is 18.8 Å². The predicted molar refractivity (Wildman–Crippen MR) is 55.3 cm³/mol. The fourth-order valence-electron chi connectivity index (χ4n) is 1.30. The van der Waals surface area contributed by atoms with Crippen LogP contribution in [0.1, 0.15) is 6.92 Å². The van der Waals surface area contributed by atoms with Gasteiger partial charge in [0.05, 0.1) is 0 Å². The molecule has 0 bridgehead atoms. The van der Waals surface area contributed by atoms with Gasteiger partial charge in [0.2, 0.25) is 0 Å². The van der Waals surface area contributed by atoms with Crippen LogP contribution in [0.2, 0.25) is 0 Å². The molecule has 4 heteroatoms. The summed E-state index contributed by atoms with van der Waals surface area (Å²) >= 11 is 5.24. The standard InChI is InChI=1S/C8H17N3S/c1-3-9-4-5-11-7-6-10(2)8(11)12/h9H,3-7H2,1-2H3. The van der Waals surface area contributed by atoms with Gasteiger partial charge in [0.1, 0.15) is 0 Å². The molecule has 0 spiro atoms. The Balaban J connectivity index is 2.20. The van der Waals surface area contributed by atoms with Gasteiger partial charge < -0.3 is 15.1 Å². The van der Waals surface area contributed by atoms with Crippen LogP contribution in [0.25, 0.3) is 0 Å². The molecule has 0 saturated carbocycles. The lowest BCUT2D eigenvalue weighted by Gasteiger charge is -2.18. The highest BCUT2D eigenvalue weighted by Gasteiger charge is 2.20. The summed E-state index contributed by atoms with van der Waals surface area (Å²) in [6, 6.07) is 0. The molecule has 1 saturated heterocycles. The molecule has 0 unspecified atom stereocenters. The Hall–Kier alpha value is -0.350. The minimum absolute atomic E-state index is 0.993. The second kappa shape index (κ2) is 4.62. The lowest BCUT2D eigenvalue weighted by molar-refractivity contribution is 0.456. The zero-order chi connectivity index (χ0) is 8.97. The van der Waals surface area contributed by atoms with Crippen molar-refractivity contribution in [1.82, 2.24) is 15.1 Å². The van der Waals surface area contributed by atoms with Gasteiger partial charge in [-0.2, -0.15) is 0 Å². The van der Waals surface area contributed by atoms with Crippen molar-refractivity contribution in [2.24, 2.45) is 0 Å². The van der Waals surface area contributed by atoms with Gasteiger partial charge in [0.25, 0.3) is 0 Å². The van der Waals surface area contributed by atoms with Crippen LogP contribution in [0.4, 0.5) is 0 Å². The highest BCUT2D eigenvalue weighted by molar-refractivity contribution is 7.80. The summed E-state index contributed by atoms with van der Waals surface area (Å²) in [5.74, 6) is 0. The van der Waals surface area contributed by atoms with Gasteiger partial charge in [0.15, 0.2) is 5.11 Å². The third-order valence-corrected chi connectivity index (χ3v) is 2.68. The Morgan fingerprint density at radius 1 is 1.50 bits per heavy atom. The molecule has 0 aliphatic carbocycles. The number of thiocarbonyl (C=S) groups is 1. The predicted octanol–water partition coefficient (Wildman–Crippen LogP) is 0.128. The van der Waals surface area contributed by atoms with Gasteiger partial charge in [-0.25, -0.2) is 0 Å². The van der Waals surface area contributed by atoms with Crippen molar-refractivity contribution < 1.29 is 0 Å². The van der Waals surface area contributed by atoms with E-state index in [-0.39, 0.29) is 0 Å². The van der Waals surface area contributed by atoms with Crippen LogP contribution in [0, 0.1) is 0 Å². The van der Waals surface area contributed by atoms with Crippen LogP contribution in [0.3, 0.4) is 0 Å². The van der Waals surface area contributed by atoms with Crippen molar-refractivity contribution in [1.29, 1.82) is 0 Å². The highest BCUT2D eigenvalue weighted by atomic mass is 32.1. The summed E-state index contributed by atoms with van der Waals surface area (Å²) in [5.41, 5.74) is 0. The molecule has 0 aromatic carbocycles. The fourth-order valence-corrected chi connectivity index (χ4v) is 1.58. The normalized spacial score (nSPS) is 17.7. The molecular formula is C8H17N3S. The number of nitrogens with zero attached hydrogens (tertiary/aromatic N) is 2. The zero-order valence-electron chi connectivity index (χ0n) is 7.84. The smallest absolute Gasteiger partial charge is 0.171 e. The zero-order valence-corrected chi connectivity index (χ0v) is 8.65. The first-order valence-electron chi connectivity index (χ1n) is 4.46. The largest absolute Gasteiger partial charge is 0.350 e. The summed E-state index contributed by atoms with van der Waals surface area (Å²) in [7, 11) is 2.05. The minimum atomic E-state index is 0.993. The van der Waals surface area contributed by atoms with E-state index in [1.807, 2.05) is 0 Å². The molecule has 0 radical (unpaired) electrons. The Kier molecular flexibility index (Phi) is 3.75. The van der Waals surface area contributed by atoms with Crippen molar-refractivity contribution in [2.75, 3.05) is 39.8 Å². The van der Waals surface area contributed by atoms with Crippen molar-refractivity contribution in [2.45, 2.75) is 6.92 Å². The van der Waals surface area contributed by atoms with Crippen LogP contribution in [0.5, 0.6) is 0 Å². The topological polar surface area (TPSA) is 18.5 Å². The third kappa shape index (κ3) is 2.32. The summed E-state index contributed by atoms with van der Waals surface area (Å²) in [4.78, 5) is 4.37. The maximum Gasteiger partial charge on any atom is 0.171 e. The molecule has 1 aliphatic rings. The van der Waals surface area contributed by atoms with E-state index >= 15 is 0 Å². The number of hydrogen-bond donors (Lipinski definition) is 1. The quantitative estimate of drug-likeness (QED) is 0.498. The van der Waals surface area contributed by atoms with E-state index in [2.05, 4.69) is 29.1 Å². The van der Waals surface area contributed by atoms with Gasteiger partial charge in [-0.15, -0.1) is 0 Å². The van der Waals surface area contributed by atoms with Gasteiger partial charge in [-0.1, -0.05) is 6.92 Å². The number of hydrogen-bond acceptors (Lipinski definition) is 2. The van der Waals surface area contributed by atoms with Crippen molar-refractivity contribution in [3.05, 3.63) is 0 Å². The monoisotopic (exact) mass is 187 g/mol. The van der Waals surface area contributed by atoms with Gasteiger partial charge in [0, 0.05) is 33.2 Å². The SMILES string of the molecule is CCNCCN1CCN(C)C1=S. The number of nitrogens with one attached hydrogen (secondary N) is 1. The molecule has 1 aliphatic heterocycles. The molecular weight excluding hydrogens is 170 g/mol. The van der Waals surface area contributed by atoms with E-state index in [1.54, 1.807) is 0 Å². The molecule has 0 aromatic rings. The molecule has 1 N–H and O–H groups in total. The summed E-state index contributed by atoms with van der Waals surface area (Å²) in [5, 5.41) is 4.28. The van der Waals surface area contributed by atoms with E-state index in [9.17, 15) is 0 Å². The van der Waals surface area contributed by atoms with E-state index in [4.69, 9.17) is 12.2 Å². The Bertz CT molecular complexity index is 160. The minimum Gasteiger partial charge on any atom is -0.350 e. The first kappa shape index (κ1) is 9.74. The lowest BCUT2D eigenvalue weighted by Crippen LogP contribution is -2.34. The van der Waals surface area contributed by atoms with Crippen molar-refractivity contribution >= 4 is 17.3 Å². The Labute approximate surface area is 79.7 Å². The molecule has 1 heterocycles. The van der Waals surface area contributed by atoms with Crippen molar-refractivity contribution in [3.8, 4) is 0 Å². The van der Waals surface area contributed by atoms with Gasteiger partial charge in [-0.3, -0.25) is 0 Å². The first-order valence-corrected chi connectivity index (χ1v) is 4.87. The fraction of sp³-hybridized carbons (Fsp3) is 0.875. The van der Waals surface area contributed by atoms with E-state index in [0.717, 1.165) is 37.8 Å². The van der Waals surface area contributed by atoms with E-state index < -0.39 is 0 Å². The van der Waals surface area contributed by atoms with Gasteiger partial charge >= 0.3 is 0 Å². The Morgan fingerprint density at radius 3 is 2.75 bits per heavy atom. The van der Waals surface area contributed by atoms with Crippen LogP contribution < -0.4 is 5.32 Å². The Morgan fingerprint density at radius 2 is 2.25 bits per heavy atom. The molecule has 3 nitrogen and oxygen atoms in total. The van der Waals surface area contributed by atoms with E-state index in [1.165, 1.54) is 0 Å².